The molecule has 1 aromatic heterocycles. The van der Waals surface area contributed by atoms with E-state index in [0.29, 0.717) is 17.3 Å². The Labute approximate surface area is 157 Å². The van der Waals surface area contributed by atoms with Crippen LogP contribution in [0, 0.1) is 6.92 Å². The fourth-order valence-electron chi connectivity index (χ4n) is 2.53. The van der Waals surface area contributed by atoms with Gasteiger partial charge in [-0.3, -0.25) is 9.59 Å². The highest BCUT2D eigenvalue weighted by atomic mass is 16.3. The van der Waals surface area contributed by atoms with Crippen LogP contribution in [0.5, 0.6) is 0 Å². The number of aryl methyl sites for hydroxylation is 1. The molecule has 0 spiro atoms. The molecule has 0 saturated carbocycles. The van der Waals surface area contributed by atoms with Gasteiger partial charge in [0.1, 0.15) is 6.26 Å². The van der Waals surface area contributed by atoms with Crippen molar-refractivity contribution in [3.63, 3.8) is 0 Å². The molecule has 138 valence electrons. The topological polar surface area (TPSA) is 75.4 Å². The fourth-order valence-corrected chi connectivity index (χ4v) is 2.53. The van der Waals surface area contributed by atoms with Crippen LogP contribution in [0.15, 0.2) is 65.3 Å². The summed E-state index contributed by atoms with van der Waals surface area (Å²) in [5.74, 6) is 0.0139. The van der Waals surface area contributed by atoms with Gasteiger partial charge in [0.05, 0.1) is 18.7 Å². The Balaban J connectivity index is 1.54. The largest absolute Gasteiger partial charge is 0.444 e. The van der Waals surface area contributed by atoms with E-state index < -0.39 is 0 Å². The molecule has 0 saturated heterocycles. The molecule has 2 amide bonds. The van der Waals surface area contributed by atoms with Crippen molar-refractivity contribution in [3.8, 4) is 11.5 Å². The number of hydrogen-bond donors (Lipinski definition) is 1. The van der Waals surface area contributed by atoms with Crippen LogP contribution in [0.2, 0.25) is 0 Å². The van der Waals surface area contributed by atoms with Crippen LogP contribution in [0.4, 0.5) is 5.69 Å². The maximum absolute atomic E-state index is 12.4. The highest BCUT2D eigenvalue weighted by Gasteiger charge is 2.16. The molecule has 0 aliphatic carbocycles. The molecule has 3 rings (SSSR count). The van der Waals surface area contributed by atoms with Gasteiger partial charge in [0.15, 0.2) is 0 Å². The average Bonchev–Trinajstić information content (AvgIpc) is 3.12. The van der Waals surface area contributed by atoms with Crippen LogP contribution in [0.3, 0.4) is 0 Å². The van der Waals surface area contributed by atoms with E-state index in [-0.39, 0.29) is 24.8 Å². The van der Waals surface area contributed by atoms with E-state index in [1.54, 1.807) is 7.05 Å². The molecule has 0 aliphatic heterocycles. The van der Waals surface area contributed by atoms with Crippen molar-refractivity contribution in [3.05, 3.63) is 72.1 Å². The van der Waals surface area contributed by atoms with Crippen molar-refractivity contribution in [1.82, 2.24) is 9.88 Å². The minimum atomic E-state index is -0.250. The molecule has 27 heavy (non-hydrogen) atoms. The van der Waals surface area contributed by atoms with Gasteiger partial charge in [0, 0.05) is 18.3 Å². The van der Waals surface area contributed by atoms with E-state index in [2.05, 4.69) is 10.3 Å². The minimum absolute atomic E-state index is 0.0316. The molecule has 0 bridgehead atoms. The van der Waals surface area contributed by atoms with Crippen LogP contribution >= 0.6 is 0 Å². The van der Waals surface area contributed by atoms with Gasteiger partial charge >= 0.3 is 0 Å². The number of likely N-dealkylation sites (N-methyl/N-ethyl adjacent to an activating group) is 1. The van der Waals surface area contributed by atoms with E-state index in [0.717, 1.165) is 11.1 Å². The number of nitrogens with one attached hydrogen (secondary N) is 1. The smallest absolute Gasteiger partial charge is 0.243 e. The molecule has 0 atom stereocenters. The Hall–Kier alpha value is -3.41. The number of amides is 2. The van der Waals surface area contributed by atoms with Crippen molar-refractivity contribution < 1.29 is 14.0 Å². The number of anilines is 1. The van der Waals surface area contributed by atoms with E-state index in [9.17, 15) is 9.59 Å². The third-order valence-electron chi connectivity index (χ3n) is 4.05. The van der Waals surface area contributed by atoms with Gasteiger partial charge in [0.25, 0.3) is 0 Å². The predicted octanol–water partition coefficient (Wildman–Crippen LogP) is 3.29. The van der Waals surface area contributed by atoms with Crippen molar-refractivity contribution in [2.45, 2.75) is 13.3 Å². The molecule has 0 unspecified atom stereocenters. The Morgan fingerprint density at radius 3 is 2.48 bits per heavy atom. The molecule has 3 aromatic rings. The molecular formula is C21H21N3O3. The summed E-state index contributed by atoms with van der Waals surface area (Å²) in [6, 6.07) is 17.0. The number of oxazole rings is 1. The molecule has 1 heterocycles. The van der Waals surface area contributed by atoms with Crippen molar-refractivity contribution in [2.24, 2.45) is 0 Å². The van der Waals surface area contributed by atoms with Gasteiger partial charge in [-0.1, -0.05) is 35.9 Å². The van der Waals surface area contributed by atoms with Crippen molar-refractivity contribution in [1.29, 1.82) is 0 Å². The summed E-state index contributed by atoms with van der Waals surface area (Å²) in [5.41, 5.74) is 3.20. The second kappa shape index (κ2) is 8.31. The second-order valence-electron chi connectivity index (χ2n) is 6.35. The van der Waals surface area contributed by atoms with E-state index in [4.69, 9.17) is 4.42 Å². The molecule has 6 heteroatoms. The highest BCUT2D eigenvalue weighted by Crippen LogP contribution is 2.18. The van der Waals surface area contributed by atoms with Crippen LogP contribution in [-0.4, -0.2) is 35.3 Å². The highest BCUT2D eigenvalue weighted by molar-refractivity contribution is 5.94. The van der Waals surface area contributed by atoms with Crippen LogP contribution in [-0.2, 0) is 16.0 Å². The summed E-state index contributed by atoms with van der Waals surface area (Å²) in [6.45, 7) is 1.95. The first-order valence-electron chi connectivity index (χ1n) is 8.61. The number of carbonyl (C=O) groups excluding carboxylic acids is 2. The zero-order chi connectivity index (χ0) is 19.2. The van der Waals surface area contributed by atoms with Gasteiger partial charge in [-0.15, -0.1) is 0 Å². The summed E-state index contributed by atoms with van der Waals surface area (Å²) in [6.07, 6.45) is 1.55. The Morgan fingerprint density at radius 2 is 1.78 bits per heavy atom. The normalized spacial score (nSPS) is 10.4. The number of nitrogens with zero attached hydrogens (tertiary/aromatic N) is 2. The Morgan fingerprint density at radius 1 is 1.07 bits per heavy atom. The molecular weight excluding hydrogens is 342 g/mol. The Bertz CT molecular complexity index is 917. The van der Waals surface area contributed by atoms with Gasteiger partial charge in [-0.25, -0.2) is 4.98 Å². The van der Waals surface area contributed by atoms with Crippen molar-refractivity contribution >= 4 is 17.5 Å². The lowest BCUT2D eigenvalue weighted by Crippen LogP contribution is -2.35. The first-order chi connectivity index (χ1) is 13.0. The average molecular weight is 363 g/mol. The van der Waals surface area contributed by atoms with Gasteiger partial charge in [-0.05, 0) is 31.2 Å². The minimum Gasteiger partial charge on any atom is -0.444 e. The molecule has 2 aromatic carbocycles. The monoisotopic (exact) mass is 363 g/mol. The first-order valence-corrected chi connectivity index (χ1v) is 8.61. The third-order valence-corrected chi connectivity index (χ3v) is 4.05. The van der Waals surface area contributed by atoms with E-state index in [1.807, 2.05) is 61.5 Å². The predicted molar refractivity (Wildman–Crippen MR) is 103 cm³/mol. The molecule has 0 radical (unpaired) electrons. The van der Waals surface area contributed by atoms with E-state index >= 15 is 0 Å². The van der Waals surface area contributed by atoms with Gasteiger partial charge in [0.2, 0.25) is 17.7 Å². The number of benzene rings is 2. The van der Waals surface area contributed by atoms with Crippen LogP contribution in [0.1, 0.15) is 11.3 Å². The van der Waals surface area contributed by atoms with Gasteiger partial charge in [-0.2, -0.15) is 0 Å². The zero-order valence-corrected chi connectivity index (χ0v) is 15.3. The summed E-state index contributed by atoms with van der Waals surface area (Å²) in [5, 5.41) is 2.78. The van der Waals surface area contributed by atoms with Crippen LogP contribution in [0.25, 0.3) is 11.5 Å². The second-order valence-corrected chi connectivity index (χ2v) is 6.35. The number of hydrogen-bond acceptors (Lipinski definition) is 4. The molecule has 6 nitrogen and oxygen atoms in total. The van der Waals surface area contributed by atoms with E-state index in [1.165, 1.54) is 11.2 Å². The SMILES string of the molecule is Cc1ccc(NC(=O)CN(C)C(=O)Cc2coc(-c3ccccc3)n2)cc1. The van der Waals surface area contributed by atoms with Gasteiger partial charge < -0.3 is 14.6 Å². The Kier molecular flexibility index (Phi) is 5.66. The summed E-state index contributed by atoms with van der Waals surface area (Å²) in [7, 11) is 1.59. The maximum Gasteiger partial charge on any atom is 0.243 e. The lowest BCUT2D eigenvalue weighted by Gasteiger charge is -2.16. The lowest BCUT2D eigenvalue weighted by molar-refractivity contribution is -0.132. The molecule has 1 N–H and O–H groups in total. The fraction of sp³-hybridized carbons (Fsp3) is 0.190. The summed E-state index contributed by atoms with van der Waals surface area (Å²) in [4.78, 5) is 30.2. The summed E-state index contributed by atoms with van der Waals surface area (Å²) >= 11 is 0. The first kappa shape index (κ1) is 18.4. The third kappa shape index (κ3) is 5.04. The molecule has 0 aliphatic rings. The van der Waals surface area contributed by atoms with Crippen LogP contribution < -0.4 is 5.32 Å². The zero-order valence-electron chi connectivity index (χ0n) is 15.3. The number of rotatable bonds is 6. The number of carbonyl (C=O) groups is 2. The summed E-state index contributed by atoms with van der Waals surface area (Å²) < 4.78 is 5.44. The number of aromatic nitrogens is 1. The standard InChI is InChI=1S/C21H21N3O3/c1-15-8-10-17(11-9-15)22-19(25)13-24(2)20(26)12-18-14-27-21(23-18)16-6-4-3-5-7-16/h3-11,14H,12-13H2,1-2H3,(H,22,25). The quantitative estimate of drug-likeness (QED) is 0.729. The lowest BCUT2D eigenvalue weighted by atomic mass is 10.2. The van der Waals surface area contributed by atoms with Crippen molar-refractivity contribution in [2.75, 3.05) is 18.9 Å². The maximum atomic E-state index is 12.4. The molecule has 0 fully saturated rings.